The van der Waals surface area contributed by atoms with Crippen molar-refractivity contribution in [3.05, 3.63) is 23.7 Å². The molecule has 0 aliphatic carbocycles. The zero-order chi connectivity index (χ0) is 21.2. The van der Waals surface area contributed by atoms with E-state index in [2.05, 4.69) is 21.9 Å². The second-order valence-electron chi connectivity index (χ2n) is 9.78. The summed E-state index contributed by atoms with van der Waals surface area (Å²) in [6, 6.07) is 2.00. The van der Waals surface area contributed by atoms with Gasteiger partial charge in [-0.3, -0.25) is 0 Å². The van der Waals surface area contributed by atoms with Crippen LogP contribution in [0.1, 0.15) is 56.3 Å². The van der Waals surface area contributed by atoms with Gasteiger partial charge in [0.05, 0.1) is 23.6 Å². The van der Waals surface area contributed by atoms with E-state index in [1.807, 2.05) is 19.2 Å². The molecule has 3 saturated heterocycles. The average Bonchev–Trinajstić information content (AvgIpc) is 3.46. The molecule has 0 bridgehead atoms. The summed E-state index contributed by atoms with van der Waals surface area (Å²) in [7, 11) is 0. The van der Waals surface area contributed by atoms with Gasteiger partial charge in [-0.15, -0.1) is 0 Å². The van der Waals surface area contributed by atoms with Crippen LogP contribution in [0.15, 0.2) is 16.8 Å². The Morgan fingerprint density at radius 1 is 1.06 bits per heavy atom. The number of likely N-dealkylation sites (tertiary alicyclic amines) is 1. The van der Waals surface area contributed by atoms with E-state index < -0.39 is 0 Å². The van der Waals surface area contributed by atoms with E-state index in [-0.39, 0.29) is 0 Å². The molecular weight excluding hydrogens is 390 g/mol. The molecular formula is C24H35N5O2. The Morgan fingerprint density at radius 3 is 2.55 bits per heavy atom. The molecule has 7 nitrogen and oxygen atoms in total. The van der Waals surface area contributed by atoms with E-state index in [0.29, 0.717) is 11.8 Å². The lowest BCUT2D eigenvalue weighted by Crippen LogP contribution is -2.37. The molecule has 0 unspecified atom stereocenters. The highest BCUT2D eigenvalue weighted by Crippen LogP contribution is 2.36. The first-order valence-corrected chi connectivity index (χ1v) is 12.0. The number of aromatic nitrogens is 3. The fourth-order valence-electron chi connectivity index (χ4n) is 5.22. The summed E-state index contributed by atoms with van der Waals surface area (Å²) in [5.74, 6) is 3.60. The molecule has 0 amide bonds. The lowest BCUT2D eigenvalue weighted by atomic mass is 9.89. The van der Waals surface area contributed by atoms with E-state index in [9.17, 15) is 0 Å². The molecule has 7 heteroatoms. The van der Waals surface area contributed by atoms with Crippen LogP contribution in [0, 0.1) is 18.8 Å². The van der Waals surface area contributed by atoms with Crippen LogP contribution in [0.25, 0.3) is 11.3 Å². The fourth-order valence-corrected chi connectivity index (χ4v) is 5.22. The standard InChI is InChI=1S/C24H35N5O2/c1-17-3-10-29(11-4-17)24-25-14-21(22-13-18(2)27-31-22)23(26-24)20-5-8-28(9-6-20)15-19-7-12-30-16-19/h13-14,17,19-20H,3-12,15-16H2,1-2H3/t19-/m0/s1. The van der Waals surface area contributed by atoms with E-state index >= 15 is 0 Å². The zero-order valence-corrected chi connectivity index (χ0v) is 18.9. The van der Waals surface area contributed by atoms with E-state index in [1.165, 1.54) is 25.8 Å². The number of piperidine rings is 2. The third kappa shape index (κ3) is 4.77. The highest BCUT2D eigenvalue weighted by atomic mass is 16.5. The molecule has 0 N–H and O–H groups in total. The Morgan fingerprint density at radius 2 is 1.87 bits per heavy atom. The predicted octanol–water partition coefficient (Wildman–Crippen LogP) is 3.89. The van der Waals surface area contributed by atoms with Crippen LogP contribution >= 0.6 is 0 Å². The summed E-state index contributed by atoms with van der Waals surface area (Å²) in [5, 5.41) is 4.11. The number of rotatable bonds is 5. The molecule has 0 spiro atoms. The number of anilines is 1. The third-order valence-corrected chi connectivity index (χ3v) is 7.28. The Kier molecular flexibility index (Phi) is 6.23. The van der Waals surface area contributed by atoms with Gasteiger partial charge in [-0.05, 0) is 64.0 Å². The van der Waals surface area contributed by atoms with Gasteiger partial charge in [-0.2, -0.15) is 0 Å². The molecule has 5 heterocycles. The molecule has 0 saturated carbocycles. The van der Waals surface area contributed by atoms with Crippen molar-refractivity contribution in [1.29, 1.82) is 0 Å². The van der Waals surface area contributed by atoms with Gasteiger partial charge >= 0.3 is 0 Å². The van der Waals surface area contributed by atoms with Crippen molar-refractivity contribution in [3.63, 3.8) is 0 Å². The van der Waals surface area contributed by atoms with E-state index in [4.69, 9.17) is 19.2 Å². The average molecular weight is 426 g/mol. The lowest BCUT2D eigenvalue weighted by Gasteiger charge is -2.34. The zero-order valence-electron chi connectivity index (χ0n) is 18.9. The highest BCUT2D eigenvalue weighted by Gasteiger charge is 2.29. The number of hydrogen-bond acceptors (Lipinski definition) is 7. The maximum absolute atomic E-state index is 5.62. The second kappa shape index (κ2) is 9.25. The Hall–Kier alpha value is -1.99. The van der Waals surface area contributed by atoms with Crippen molar-refractivity contribution >= 4 is 5.95 Å². The van der Waals surface area contributed by atoms with Gasteiger partial charge in [-0.25, -0.2) is 9.97 Å². The number of ether oxygens (including phenoxy) is 1. The van der Waals surface area contributed by atoms with E-state index in [0.717, 1.165) is 86.8 Å². The summed E-state index contributed by atoms with van der Waals surface area (Å²) in [4.78, 5) is 14.9. The smallest absolute Gasteiger partial charge is 0.225 e. The maximum Gasteiger partial charge on any atom is 0.225 e. The minimum absolute atomic E-state index is 0.432. The SMILES string of the molecule is Cc1cc(-c2cnc(N3CCC(C)CC3)nc2C2CCN(C[C@@H]3CCOC3)CC2)on1. The van der Waals surface area contributed by atoms with Crippen LogP contribution < -0.4 is 4.90 Å². The van der Waals surface area contributed by atoms with Crippen LogP contribution in [0.2, 0.25) is 0 Å². The molecule has 3 aliphatic rings. The first-order valence-electron chi connectivity index (χ1n) is 12.0. The summed E-state index contributed by atoms with van der Waals surface area (Å²) < 4.78 is 11.2. The van der Waals surface area contributed by atoms with Crippen LogP contribution in [0.4, 0.5) is 5.95 Å². The Balaban J connectivity index is 1.35. The number of hydrogen-bond donors (Lipinski definition) is 0. The molecule has 2 aromatic rings. The largest absolute Gasteiger partial charge is 0.381 e. The Bertz CT molecular complexity index is 863. The summed E-state index contributed by atoms with van der Waals surface area (Å²) in [5.41, 5.74) is 3.05. The molecule has 3 aliphatic heterocycles. The molecule has 0 aromatic carbocycles. The fraction of sp³-hybridized carbons (Fsp3) is 0.708. The molecule has 1 atom stereocenters. The van der Waals surface area contributed by atoms with Crippen LogP contribution in [-0.4, -0.2) is 66.0 Å². The van der Waals surface area contributed by atoms with Gasteiger partial charge in [0.1, 0.15) is 0 Å². The van der Waals surface area contributed by atoms with Crippen molar-refractivity contribution in [3.8, 4) is 11.3 Å². The van der Waals surface area contributed by atoms with Crippen molar-refractivity contribution in [2.45, 2.75) is 51.9 Å². The lowest BCUT2D eigenvalue weighted by molar-refractivity contribution is 0.151. The molecule has 0 radical (unpaired) electrons. The van der Waals surface area contributed by atoms with E-state index in [1.54, 1.807) is 0 Å². The third-order valence-electron chi connectivity index (χ3n) is 7.28. The van der Waals surface area contributed by atoms with Gasteiger partial charge in [0.15, 0.2) is 5.76 Å². The van der Waals surface area contributed by atoms with Gasteiger partial charge < -0.3 is 19.1 Å². The van der Waals surface area contributed by atoms with Gasteiger partial charge in [0.2, 0.25) is 5.95 Å². The highest BCUT2D eigenvalue weighted by molar-refractivity contribution is 5.61. The van der Waals surface area contributed by atoms with Gasteiger partial charge in [-0.1, -0.05) is 12.1 Å². The van der Waals surface area contributed by atoms with Crippen molar-refractivity contribution in [1.82, 2.24) is 20.0 Å². The molecule has 2 aromatic heterocycles. The minimum Gasteiger partial charge on any atom is -0.381 e. The molecule has 168 valence electrons. The molecule has 5 rings (SSSR count). The first-order chi connectivity index (χ1) is 15.2. The normalized spacial score (nSPS) is 24.2. The quantitative estimate of drug-likeness (QED) is 0.720. The van der Waals surface area contributed by atoms with Gasteiger partial charge in [0, 0.05) is 44.4 Å². The van der Waals surface area contributed by atoms with Crippen LogP contribution in [0.3, 0.4) is 0 Å². The molecule has 31 heavy (non-hydrogen) atoms. The van der Waals surface area contributed by atoms with Crippen molar-refractivity contribution < 1.29 is 9.26 Å². The summed E-state index contributed by atoms with van der Waals surface area (Å²) in [6.45, 7) is 11.7. The second-order valence-corrected chi connectivity index (χ2v) is 9.78. The predicted molar refractivity (Wildman–Crippen MR) is 120 cm³/mol. The Labute approximate surface area is 185 Å². The topological polar surface area (TPSA) is 67.5 Å². The van der Waals surface area contributed by atoms with Crippen LogP contribution in [0.5, 0.6) is 0 Å². The minimum atomic E-state index is 0.432. The van der Waals surface area contributed by atoms with Gasteiger partial charge in [0.25, 0.3) is 0 Å². The van der Waals surface area contributed by atoms with Crippen LogP contribution in [-0.2, 0) is 4.74 Å². The first kappa shape index (κ1) is 20.9. The number of nitrogens with zero attached hydrogens (tertiary/aromatic N) is 5. The summed E-state index contributed by atoms with van der Waals surface area (Å²) in [6.07, 6.45) is 7.86. The maximum atomic E-state index is 5.62. The summed E-state index contributed by atoms with van der Waals surface area (Å²) >= 11 is 0. The number of aryl methyl sites for hydroxylation is 1. The van der Waals surface area contributed by atoms with Crippen molar-refractivity contribution in [2.24, 2.45) is 11.8 Å². The van der Waals surface area contributed by atoms with Crippen molar-refractivity contribution in [2.75, 3.05) is 50.8 Å². The monoisotopic (exact) mass is 425 g/mol. The molecule has 3 fully saturated rings.